The molecule has 0 spiro atoms. The van der Waals surface area contributed by atoms with E-state index < -0.39 is 36.3 Å². The lowest BCUT2D eigenvalue weighted by molar-refractivity contribution is -0.385. The van der Waals surface area contributed by atoms with E-state index in [1.165, 1.54) is 24.3 Å². The van der Waals surface area contributed by atoms with Crippen LogP contribution >= 0.6 is 7.60 Å². The van der Waals surface area contributed by atoms with Gasteiger partial charge >= 0.3 is 7.60 Å². The van der Waals surface area contributed by atoms with Gasteiger partial charge in [0.05, 0.1) is 17.1 Å². The number of nitro groups is 1. The van der Waals surface area contributed by atoms with Gasteiger partial charge in [-0.3, -0.25) is 14.7 Å². The van der Waals surface area contributed by atoms with Gasteiger partial charge in [0.2, 0.25) is 0 Å². The molecule has 29 heavy (non-hydrogen) atoms. The molecule has 2 rings (SSSR count). The number of nitro benzene ring substituents is 1. The van der Waals surface area contributed by atoms with Crippen LogP contribution < -0.4 is 5.32 Å². The molecule has 0 aliphatic heterocycles. The maximum absolute atomic E-state index is 14.6. The quantitative estimate of drug-likeness (QED) is 0.293. The fourth-order valence-corrected chi connectivity index (χ4v) is 5.14. The van der Waals surface area contributed by atoms with Gasteiger partial charge in [-0.2, -0.15) is 0 Å². The SMILES string of the molecule is Cc1ccc(NC(c2ccccc2F)P(=O)(OC(C)C)OC(C)C)cc1[N+](=O)[O-]. The highest BCUT2D eigenvalue weighted by Gasteiger charge is 2.41. The molecule has 1 atom stereocenters. The van der Waals surface area contributed by atoms with E-state index in [0.717, 1.165) is 0 Å². The van der Waals surface area contributed by atoms with Crippen LogP contribution in [0.25, 0.3) is 0 Å². The van der Waals surface area contributed by atoms with Crippen molar-refractivity contribution < 1.29 is 22.9 Å². The molecule has 0 fully saturated rings. The van der Waals surface area contributed by atoms with Gasteiger partial charge in [-0.25, -0.2) is 4.39 Å². The Balaban J connectivity index is 2.59. The third kappa shape index (κ3) is 5.85. The van der Waals surface area contributed by atoms with E-state index >= 15 is 0 Å². The third-order valence-corrected chi connectivity index (χ3v) is 6.41. The number of nitrogens with one attached hydrogen (secondary N) is 1. The number of rotatable bonds is 9. The Bertz CT molecular complexity index is 905. The Morgan fingerprint density at radius 2 is 1.66 bits per heavy atom. The first-order chi connectivity index (χ1) is 13.5. The van der Waals surface area contributed by atoms with Crippen LogP contribution in [0.2, 0.25) is 0 Å². The second-order valence-corrected chi connectivity index (χ2v) is 9.19. The summed E-state index contributed by atoms with van der Waals surface area (Å²) in [6.45, 7) is 8.42. The second-order valence-electron chi connectivity index (χ2n) is 7.17. The van der Waals surface area contributed by atoms with Crippen molar-refractivity contribution in [3.05, 3.63) is 69.5 Å². The highest BCUT2D eigenvalue weighted by molar-refractivity contribution is 7.54. The summed E-state index contributed by atoms with van der Waals surface area (Å²) in [5, 5.41) is 14.2. The topological polar surface area (TPSA) is 90.7 Å². The summed E-state index contributed by atoms with van der Waals surface area (Å²) in [4.78, 5) is 10.8. The van der Waals surface area contributed by atoms with E-state index in [9.17, 15) is 19.1 Å². The predicted molar refractivity (Wildman–Crippen MR) is 111 cm³/mol. The maximum Gasteiger partial charge on any atom is 0.357 e. The van der Waals surface area contributed by atoms with Gasteiger partial charge in [0.1, 0.15) is 5.82 Å². The molecule has 2 aromatic rings. The number of benzene rings is 2. The lowest BCUT2D eigenvalue weighted by Crippen LogP contribution is -2.20. The predicted octanol–water partition coefficient (Wildman–Crippen LogP) is 6.20. The first-order valence-electron chi connectivity index (χ1n) is 9.26. The second kappa shape index (κ2) is 9.48. The first-order valence-corrected chi connectivity index (χ1v) is 10.9. The highest BCUT2D eigenvalue weighted by atomic mass is 31.2. The molecule has 0 heterocycles. The average molecular weight is 424 g/mol. The molecular weight excluding hydrogens is 398 g/mol. The Hall–Kier alpha value is -2.28. The van der Waals surface area contributed by atoms with Gasteiger partial charge in [-0.15, -0.1) is 0 Å². The average Bonchev–Trinajstić information content (AvgIpc) is 2.60. The summed E-state index contributed by atoms with van der Waals surface area (Å²) in [5.41, 5.74) is 0.755. The fourth-order valence-electron chi connectivity index (χ4n) is 2.81. The normalized spacial score (nSPS) is 13.0. The Morgan fingerprint density at radius 1 is 1.07 bits per heavy atom. The maximum atomic E-state index is 14.6. The van der Waals surface area contributed by atoms with Crippen molar-refractivity contribution >= 4 is 19.0 Å². The van der Waals surface area contributed by atoms with E-state index in [0.29, 0.717) is 11.3 Å². The summed E-state index contributed by atoms with van der Waals surface area (Å²) >= 11 is 0. The van der Waals surface area contributed by atoms with Gasteiger partial charge in [0, 0.05) is 22.9 Å². The highest BCUT2D eigenvalue weighted by Crippen LogP contribution is 2.62. The largest absolute Gasteiger partial charge is 0.368 e. The number of hydrogen-bond donors (Lipinski definition) is 1. The molecule has 2 aromatic carbocycles. The van der Waals surface area contributed by atoms with Gasteiger partial charge < -0.3 is 14.4 Å². The van der Waals surface area contributed by atoms with Crippen LogP contribution in [0, 0.1) is 22.9 Å². The molecule has 0 saturated carbocycles. The Morgan fingerprint density at radius 3 is 2.17 bits per heavy atom. The molecule has 1 unspecified atom stereocenters. The number of nitrogens with zero attached hydrogens (tertiary/aromatic N) is 1. The third-order valence-electron chi connectivity index (χ3n) is 3.94. The molecule has 0 amide bonds. The van der Waals surface area contributed by atoms with E-state index in [1.807, 2.05) is 0 Å². The molecule has 0 saturated heterocycles. The van der Waals surface area contributed by atoms with Crippen molar-refractivity contribution in [3.8, 4) is 0 Å². The smallest absolute Gasteiger partial charge is 0.357 e. The van der Waals surface area contributed by atoms with Gasteiger partial charge in [-0.1, -0.05) is 24.3 Å². The molecule has 9 heteroatoms. The Labute approximate surface area is 169 Å². The fraction of sp³-hybridized carbons (Fsp3) is 0.400. The zero-order valence-corrected chi connectivity index (χ0v) is 18.0. The summed E-state index contributed by atoms with van der Waals surface area (Å²) in [6.07, 6.45) is -0.911. The zero-order valence-electron chi connectivity index (χ0n) is 17.1. The van der Waals surface area contributed by atoms with E-state index in [1.54, 1.807) is 52.8 Å². The summed E-state index contributed by atoms with van der Waals surface area (Å²) < 4.78 is 39.7. The number of aryl methyl sites for hydroxylation is 1. The minimum atomic E-state index is -3.93. The van der Waals surface area contributed by atoms with Crippen LogP contribution in [-0.2, 0) is 13.6 Å². The van der Waals surface area contributed by atoms with Crippen LogP contribution in [0.4, 0.5) is 15.8 Å². The van der Waals surface area contributed by atoms with Crippen molar-refractivity contribution in [2.45, 2.75) is 52.6 Å². The molecule has 1 N–H and O–H groups in total. The number of anilines is 1. The van der Waals surface area contributed by atoms with Crippen molar-refractivity contribution in [3.63, 3.8) is 0 Å². The van der Waals surface area contributed by atoms with Gasteiger partial charge in [0.25, 0.3) is 5.69 Å². The van der Waals surface area contributed by atoms with Crippen LogP contribution in [-0.4, -0.2) is 17.1 Å². The van der Waals surface area contributed by atoms with Crippen LogP contribution in [0.15, 0.2) is 42.5 Å². The first kappa shape index (κ1) is 23.0. The van der Waals surface area contributed by atoms with Crippen LogP contribution in [0.3, 0.4) is 0 Å². The molecule has 0 radical (unpaired) electrons. The van der Waals surface area contributed by atoms with Crippen LogP contribution in [0.1, 0.15) is 44.6 Å². The molecular formula is C20H26FN2O5P. The van der Waals surface area contributed by atoms with E-state index in [4.69, 9.17) is 9.05 Å². The summed E-state index contributed by atoms with van der Waals surface area (Å²) in [6, 6.07) is 10.3. The summed E-state index contributed by atoms with van der Waals surface area (Å²) in [7, 11) is -3.93. The molecule has 7 nitrogen and oxygen atoms in total. The van der Waals surface area contributed by atoms with E-state index in [2.05, 4.69) is 5.32 Å². The molecule has 0 bridgehead atoms. The Kier molecular flexibility index (Phi) is 7.52. The van der Waals surface area contributed by atoms with Crippen molar-refractivity contribution in [2.75, 3.05) is 5.32 Å². The number of hydrogen-bond acceptors (Lipinski definition) is 6. The van der Waals surface area contributed by atoms with Crippen molar-refractivity contribution in [2.24, 2.45) is 0 Å². The molecule has 0 aliphatic rings. The molecule has 0 aliphatic carbocycles. The van der Waals surface area contributed by atoms with E-state index in [-0.39, 0.29) is 11.3 Å². The van der Waals surface area contributed by atoms with Crippen molar-refractivity contribution in [1.29, 1.82) is 0 Å². The van der Waals surface area contributed by atoms with Crippen LogP contribution in [0.5, 0.6) is 0 Å². The van der Waals surface area contributed by atoms with Crippen molar-refractivity contribution in [1.82, 2.24) is 0 Å². The number of halogens is 1. The molecule has 0 aromatic heterocycles. The minimum Gasteiger partial charge on any atom is -0.368 e. The zero-order chi connectivity index (χ0) is 21.8. The standard InChI is InChI=1S/C20H26FN2O5P/c1-13(2)27-29(26,28-14(3)4)20(17-8-6-7-9-18(17)21)22-16-11-10-15(5)19(12-16)23(24)25/h6-14,20,22H,1-5H3. The minimum absolute atomic E-state index is 0.0837. The molecule has 158 valence electrons. The lowest BCUT2D eigenvalue weighted by atomic mass is 10.1. The summed E-state index contributed by atoms with van der Waals surface area (Å²) in [5.74, 6) is -1.79. The monoisotopic (exact) mass is 424 g/mol. The van der Waals surface area contributed by atoms with Gasteiger partial charge in [0.15, 0.2) is 5.78 Å². The lowest BCUT2D eigenvalue weighted by Gasteiger charge is -2.31. The van der Waals surface area contributed by atoms with Gasteiger partial charge in [-0.05, 0) is 46.8 Å².